The number of hydrogen-bond acceptors (Lipinski definition) is 3. The second-order valence-electron chi connectivity index (χ2n) is 4.69. The zero-order valence-corrected chi connectivity index (χ0v) is 13.8. The van der Waals surface area contributed by atoms with Crippen molar-refractivity contribution in [1.29, 1.82) is 0 Å². The van der Waals surface area contributed by atoms with Gasteiger partial charge in [-0.1, -0.05) is 29.8 Å². The molecule has 0 atom stereocenters. The van der Waals surface area contributed by atoms with Crippen LogP contribution in [0.5, 0.6) is 5.75 Å². The molecule has 2 aromatic rings. The third kappa shape index (κ3) is 6.33. The molecule has 0 aliphatic heterocycles. The molecule has 0 saturated carbocycles. The molecule has 1 N–H and O–H groups in total. The van der Waals surface area contributed by atoms with Crippen molar-refractivity contribution in [1.82, 2.24) is 0 Å². The first-order valence-corrected chi connectivity index (χ1v) is 8.17. The fraction of sp³-hybridized carbons (Fsp3) is 0.188. The van der Waals surface area contributed by atoms with E-state index in [1.165, 1.54) is 12.1 Å². The largest absolute Gasteiger partial charge is 0.484 e. The number of anilines is 1. The van der Waals surface area contributed by atoms with Gasteiger partial charge < -0.3 is 10.1 Å². The van der Waals surface area contributed by atoms with Gasteiger partial charge in [0.15, 0.2) is 6.61 Å². The lowest BCUT2D eigenvalue weighted by molar-refractivity contribution is -0.118. The van der Waals surface area contributed by atoms with Crippen molar-refractivity contribution in [2.24, 2.45) is 0 Å². The number of thioether (sulfide) groups is 1. The smallest absolute Gasteiger partial charge is 0.398 e. The summed E-state index contributed by atoms with van der Waals surface area (Å²) < 4.78 is 42.3. The normalized spacial score (nSPS) is 11.2. The molecular formula is C16H13ClF3NO2S. The van der Waals surface area contributed by atoms with E-state index in [2.05, 4.69) is 5.32 Å². The van der Waals surface area contributed by atoms with E-state index >= 15 is 0 Å². The Kier molecular flexibility index (Phi) is 6.39. The van der Waals surface area contributed by atoms with Gasteiger partial charge in [-0.05, 0) is 30.3 Å². The number of carbonyl (C=O) groups is 1. The van der Waals surface area contributed by atoms with E-state index < -0.39 is 17.8 Å². The summed E-state index contributed by atoms with van der Waals surface area (Å²) in [6.45, 7) is -0.279. The minimum absolute atomic E-state index is 0.279. The molecule has 2 rings (SSSR count). The summed E-state index contributed by atoms with van der Waals surface area (Å²) in [4.78, 5) is 12.3. The third-order valence-electron chi connectivity index (χ3n) is 2.72. The summed E-state index contributed by atoms with van der Waals surface area (Å²) in [5, 5.41) is 3.02. The topological polar surface area (TPSA) is 38.3 Å². The van der Waals surface area contributed by atoms with Gasteiger partial charge in [-0.3, -0.25) is 4.79 Å². The Labute approximate surface area is 146 Å². The first-order valence-electron chi connectivity index (χ1n) is 6.80. The Morgan fingerprint density at radius 3 is 2.62 bits per heavy atom. The number of ether oxygens (including phenoxy) is 1. The molecule has 0 saturated heterocycles. The first-order chi connectivity index (χ1) is 11.3. The Morgan fingerprint density at radius 2 is 1.92 bits per heavy atom. The van der Waals surface area contributed by atoms with E-state index in [0.717, 1.165) is 0 Å². The number of alkyl halides is 3. The predicted octanol–water partition coefficient (Wildman–Crippen LogP) is 5.01. The van der Waals surface area contributed by atoms with Gasteiger partial charge in [0.1, 0.15) is 5.75 Å². The molecular weight excluding hydrogens is 363 g/mol. The van der Waals surface area contributed by atoms with Crippen LogP contribution in [-0.4, -0.2) is 24.4 Å². The Hall–Kier alpha value is -1.86. The maximum Gasteiger partial charge on any atom is 0.398 e. The fourth-order valence-corrected chi connectivity index (χ4v) is 2.70. The zero-order valence-electron chi connectivity index (χ0n) is 12.3. The van der Waals surface area contributed by atoms with Gasteiger partial charge in [-0.15, -0.1) is 11.8 Å². The Morgan fingerprint density at radius 1 is 1.17 bits per heavy atom. The Balaban J connectivity index is 1.94. The molecule has 0 spiro atoms. The van der Waals surface area contributed by atoms with Crippen LogP contribution in [-0.2, 0) is 4.79 Å². The summed E-state index contributed by atoms with van der Waals surface area (Å²) in [7, 11) is 0. The minimum atomic E-state index is -4.28. The number of rotatable bonds is 6. The first kappa shape index (κ1) is 18.5. The highest BCUT2D eigenvalue weighted by Crippen LogP contribution is 2.32. The summed E-state index contributed by atoms with van der Waals surface area (Å²) in [5.41, 5.74) is 0.312. The van der Waals surface area contributed by atoms with Crippen molar-refractivity contribution in [3.8, 4) is 5.75 Å². The highest BCUT2D eigenvalue weighted by atomic mass is 35.5. The lowest BCUT2D eigenvalue weighted by atomic mass is 10.3. The molecule has 8 heteroatoms. The minimum Gasteiger partial charge on any atom is -0.484 e. The van der Waals surface area contributed by atoms with Crippen molar-refractivity contribution in [3.05, 3.63) is 53.6 Å². The lowest BCUT2D eigenvalue weighted by Crippen LogP contribution is -2.20. The average molecular weight is 376 g/mol. The van der Waals surface area contributed by atoms with Crippen LogP contribution in [0.4, 0.5) is 18.9 Å². The van der Waals surface area contributed by atoms with E-state index in [1.54, 1.807) is 36.4 Å². The average Bonchev–Trinajstić information content (AvgIpc) is 2.51. The maximum absolute atomic E-state index is 12.3. The van der Waals surface area contributed by atoms with Crippen LogP contribution in [0.25, 0.3) is 0 Å². The van der Waals surface area contributed by atoms with Crippen molar-refractivity contribution in [3.63, 3.8) is 0 Å². The number of para-hydroxylation sites is 1. The highest BCUT2D eigenvalue weighted by Gasteiger charge is 2.27. The van der Waals surface area contributed by atoms with E-state index in [-0.39, 0.29) is 6.61 Å². The van der Waals surface area contributed by atoms with Crippen molar-refractivity contribution >= 4 is 35.0 Å². The van der Waals surface area contributed by atoms with Crippen LogP contribution < -0.4 is 10.1 Å². The Bertz CT molecular complexity index is 710. The summed E-state index contributed by atoms with van der Waals surface area (Å²) in [6, 6.07) is 12.8. The summed E-state index contributed by atoms with van der Waals surface area (Å²) >= 11 is 6.42. The molecule has 0 heterocycles. The van der Waals surface area contributed by atoms with Gasteiger partial charge >= 0.3 is 6.18 Å². The molecule has 0 aliphatic rings. The van der Waals surface area contributed by atoms with E-state index in [1.807, 2.05) is 0 Å². The molecule has 1 amide bonds. The quantitative estimate of drug-likeness (QED) is 0.721. The van der Waals surface area contributed by atoms with E-state index in [4.69, 9.17) is 16.3 Å². The maximum atomic E-state index is 12.3. The standard InChI is InChI=1S/C16H13ClF3NO2S/c17-11-4-3-5-12(8-11)23-9-15(22)21-13-6-1-2-7-14(13)24-10-16(18,19)20/h1-8H,9-10H2,(H,21,22). The number of halogens is 4. The van der Waals surface area contributed by atoms with E-state index in [9.17, 15) is 18.0 Å². The van der Waals surface area contributed by atoms with Gasteiger partial charge in [0.25, 0.3) is 5.91 Å². The van der Waals surface area contributed by atoms with Gasteiger partial charge in [0.05, 0.1) is 11.4 Å². The SMILES string of the molecule is O=C(COc1cccc(Cl)c1)Nc1ccccc1SCC(F)(F)F. The van der Waals surface area contributed by atoms with Crippen LogP contribution in [0.1, 0.15) is 0 Å². The number of benzene rings is 2. The van der Waals surface area contributed by atoms with Crippen LogP contribution in [0.3, 0.4) is 0 Å². The molecule has 0 aliphatic carbocycles. The second kappa shape index (κ2) is 8.30. The molecule has 0 unspecified atom stereocenters. The molecule has 0 aromatic heterocycles. The molecule has 2 aromatic carbocycles. The van der Waals surface area contributed by atoms with Crippen LogP contribution >= 0.6 is 23.4 Å². The highest BCUT2D eigenvalue weighted by molar-refractivity contribution is 7.99. The summed E-state index contributed by atoms with van der Waals surface area (Å²) in [5.74, 6) is -1.08. The number of nitrogens with one attached hydrogen (secondary N) is 1. The number of carbonyl (C=O) groups excluding carboxylic acids is 1. The monoisotopic (exact) mass is 375 g/mol. The van der Waals surface area contributed by atoms with Crippen molar-refractivity contribution in [2.45, 2.75) is 11.1 Å². The van der Waals surface area contributed by atoms with Gasteiger partial charge in [0.2, 0.25) is 0 Å². The van der Waals surface area contributed by atoms with Gasteiger partial charge in [-0.2, -0.15) is 13.2 Å². The van der Waals surface area contributed by atoms with Crippen LogP contribution in [0.15, 0.2) is 53.4 Å². The fourth-order valence-electron chi connectivity index (χ4n) is 1.75. The van der Waals surface area contributed by atoms with Crippen LogP contribution in [0.2, 0.25) is 5.02 Å². The zero-order chi connectivity index (χ0) is 17.6. The molecule has 0 fully saturated rings. The second-order valence-corrected chi connectivity index (χ2v) is 6.15. The molecule has 0 radical (unpaired) electrons. The number of hydrogen-bond donors (Lipinski definition) is 1. The van der Waals surface area contributed by atoms with E-state index in [0.29, 0.717) is 33.1 Å². The third-order valence-corrected chi connectivity index (χ3v) is 4.09. The molecule has 24 heavy (non-hydrogen) atoms. The predicted molar refractivity (Wildman–Crippen MR) is 88.8 cm³/mol. The molecule has 0 bridgehead atoms. The molecule has 3 nitrogen and oxygen atoms in total. The van der Waals surface area contributed by atoms with Crippen molar-refractivity contribution < 1.29 is 22.7 Å². The van der Waals surface area contributed by atoms with Crippen LogP contribution in [0, 0.1) is 0 Å². The summed E-state index contributed by atoms with van der Waals surface area (Å²) in [6.07, 6.45) is -4.28. The van der Waals surface area contributed by atoms with Crippen molar-refractivity contribution in [2.75, 3.05) is 17.7 Å². The number of amides is 1. The lowest BCUT2D eigenvalue weighted by Gasteiger charge is -2.12. The van der Waals surface area contributed by atoms with Gasteiger partial charge in [0, 0.05) is 9.92 Å². The van der Waals surface area contributed by atoms with Gasteiger partial charge in [-0.25, -0.2) is 0 Å². The molecule has 128 valence electrons.